The molecule has 0 radical (unpaired) electrons. The van der Waals surface area contributed by atoms with Gasteiger partial charge in [0.25, 0.3) is 0 Å². The highest BCUT2D eigenvalue weighted by molar-refractivity contribution is 5.37. The third-order valence-electron chi connectivity index (χ3n) is 2.97. The second kappa shape index (κ2) is 6.44. The molecule has 96 valence electrons. The number of benzene rings is 1. The van der Waals surface area contributed by atoms with Gasteiger partial charge in [0.15, 0.2) is 0 Å². The Morgan fingerprint density at radius 2 is 2.28 bits per heavy atom. The molecule has 0 fully saturated rings. The van der Waals surface area contributed by atoms with Crippen LogP contribution in [0.4, 0.5) is 0 Å². The number of rotatable bonds is 2. The van der Waals surface area contributed by atoms with Crippen LogP contribution in [0.5, 0.6) is 5.75 Å². The van der Waals surface area contributed by atoms with Crippen LogP contribution in [0.25, 0.3) is 0 Å². The smallest absolute Gasteiger partial charge is 0.123 e. The van der Waals surface area contributed by atoms with Gasteiger partial charge in [-0.05, 0) is 17.7 Å². The average molecular weight is 245 g/mol. The number of nitrogens with zero attached hydrogens (tertiary/aromatic N) is 1. The van der Waals surface area contributed by atoms with Crippen LogP contribution in [-0.4, -0.2) is 29.7 Å². The van der Waals surface area contributed by atoms with Gasteiger partial charge in [-0.2, -0.15) is 0 Å². The SMILES string of the molecule is CCC#CCN1CCOc2ccc(CO)cc2C1. The lowest BCUT2D eigenvalue weighted by Crippen LogP contribution is -2.26. The van der Waals surface area contributed by atoms with Crippen LogP contribution in [0, 0.1) is 11.8 Å². The fourth-order valence-corrected chi connectivity index (χ4v) is 2.03. The summed E-state index contributed by atoms with van der Waals surface area (Å²) in [4.78, 5) is 2.27. The molecule has 0 unspecified atom stereocenters. The van der Waals surface area contributed by atoms with Crippen molar-refractivity contribution in [3.05, 3.63) is 29.3 Å². The molecule has 0 aromatic heterocycles. The number of hydrogen-bond acceptors (Lipinski definition) is 3. The van der Waals surface area contributed by atoms with E-state index >= 15 is 0 Å². The summed E-state index contributed by atoms with van der Waals surface area (Å²) in [6.07, 6.45) is 0.898. The normalized spacial score (nSPS) is 15.0. The molecule has 0 atom stereocenters. The summed E-state index contributed by atoms with van der Waals surface area (Å²) in [5.74, 6) is 7.18. The van der Waals surface area contributed by atoms with Crippen LogP contribution in [0.3, 0.4) is 0 Å². The van der Waals surface area contributed by atoms with Gasteiger partial charge in [-0.15, -0.1) is 5.92 Å². The van der Waals surface area contributed by atoms with E-state index in [9.17, 15) is 5.11 Å². The minimum atomic E-state index is 0.0723. The largest absolute Gasteiger partial charge is 0.492 e. The highest BCUT2D eigenvalue weighted by Crippen LogP contribution is 2.24. The predicted octanol–water partition coefficient (Wildman–Crippen LogP) is 1.79. The Morgan fingerprint density at radius 1 is 1.39 bits per heavy atom. The Bertz CT molecular complexity index is 459. The zero-order valence-electron chi connectivity index (χ0n) is 10.8. The molecule has 3 nitrogen and oxygen atoms in total. The third kappa shape index (κ3) is 3.25. The summed E-state index contributed by atoms with van der Waals surface area (Å²) < 4.78 is 5.71. The van der Waals surface area contributed by atoms with Gasteiger partial charge in [-0.3, -0.25) is 4.90 Å². The zero-order chi connectivity index (χ0) is 12.8. The summed E-state index contributed by atoms with van der Waals surface area (Å²) in [6.45, 7) is 5.33. The molecule has 1 aromatic carbocycles. The molecule has 1 aliphatic rings. The fraction of sp³-hybridized carbons (Fsp3) is 0.467. The highest BCUT2D eigenvalue weighted by atomic mass is 16.5. The molecule has 0 aliphatic carbocycles. The maximum atomic E-state index is 9.17. The minimum absolute atomic E-state index is 0.0723. The molecule has 0 spiro atoms. The number of aliphatic hydroxyl groups is 1. The van der Waals surface area contributed by atoms with Crippen molar-refractivity contribution >= 4 is 0 Å². The molecular formula is C15H19NO2. The Morgan fingerprint density at radius 3 is 3.06 bits per heavy atom. The van der Waals surface area contributed by atoms with E-state index in [1.807, 2.05) is 18.2 Å². The van der Waals surface area contributed by atoms with Crippen LogP contribution in [0.15, 0.2) is 18.2 Å². The zero-order valence-corrected chi connectivity index (χ0v) is 10.8. The second-order valence-electron chi connectivity index (χ2n) is 4.37. The van der Waals surface area contributed by atoms with Crippen molar-refractivity contribution in [3.63, 3.8) is 0 Å². The van der Waals surface area contributed by atoms with E-state index in [0.29, 0.717) is 6.61 Å². The topological polar surface area (TPSA) is 32.7 Å². The van der Waals surface area contributed by atoms with E-state index in [1.54, 1.807) is 0 Å². The van der Waals surface area contributed by atoms with E-state index in [0.717, 1.165) is 42.9 Å². The molecule has 2 rings (SSSR count). The molecule has 0 amide bonds. The number of ether oxygens (including phenoxy) is 1. The van der Waals surface area contributed by atoms with Gasteiger partial charge in [0.2, 0.25) is 0 Å². The highest BCUT2D eigenvalue weighted by Gasteiger charge is 2.14. The Labute approximate surface area is 108 Å². The summed E-state index contributed by atoms with van der Waals surface area (Å²) >= 11 is 0. The lowest BCUT2D eigenvalue weighted by Gasteiger charge is -2.15. The molecule has 0 saturated heterocycles. The predicted molar refractivity (Wildman–Crippen MR) is 71.2 cm³/mol. The molecule has 1 aromatic rings. The number of hydrogen-bond donors (Lipinski definition) is 1. The first-order chi connectivity index (χ1) is 8.83. The van der Waals surface area contributed by atoms with Crippen molar-refractivity contribution in [3.8, 4) is 17.6 Å². The minimum Gasteiger partial charge on any atom is -0.492 e. The van der Waals surface area contributed by atoms with Gasteiger partial charge in [0, 0.05) is 25.1 Å². The fourth-order valence-electron chi connectivity index (χ4n) is 2.03. The van der Waals surface area contributed by atoms with Crippen LogP contribution in [0.2, 0.25) is 0 Å². The summed E-state index contributed by atoms with van der Waals surface area (Å²) in [5, 5.41) is 9.17. The van der Waals surface area contributed by atoms with Crippen LogP contribution in [-0.2, 0) is 13.2 Å². The van der Waals surface area contributed by atoms with Crippen molar-refractivity contribution in [2.75, 3.05) is 19.7 Å². The van der Waals surface area contributed by atoms with E-state index in [4.69, 9.17) is 4.74 Å². The first-order valence-electron chi connectivity index (χ1n) is 6.37. The van der Waals surface area contributed by atoms with Crippen molar-refractivity contribution in [1.82, 2.24) is 4.90 Å². The van der Waals surface area contributed by atoms with E-state index in [1.165, 1.54) is 0 Å². The van der Waals surface area contributed by atoms with Gasteiger partial charge in [0.05, 0.1) is 13.2 Å². The standard InChI is InChI=1S/C15H19NO2/c1-2-3-4-7-16-8-9-18-15-6-5-13(12-17)10-14(15)11-16/h5-6,10,17H,2,7-9,11-12H2,1H3. The maximum absolute atomic E-state index is 9.17. The van der Waals surface area contributed by atoms with E-state index in [-0.39, 0.29) is 6.61 Å². The number of fused-ring (bicyclic) bond motifs is 1. The molecule has 1 heterocycles. The Hall–Kier alpha value is -1.50. The van der Waals surface area contributed by atoms with Gasteiger partial charge < -0.3 is 9.84 Å². The third-order valence-corrected chi connectivity index (χ3v) is 2.97. The van der Waals surface area contributed by atoms with Crippen molar-refractivity contribution < 1.29 is 9.84 Å². The number of aliphatic hydroxyl groups excluding tert-OH is 1. The van der Waals surface area contributed by atoms with E-state index in [2.05, 4.69) is 23.7 Å². The second-order valence-corrected chi connectivity index (χ2v) is 4.37. The van der Waals surface area contributed by atoms with Crippen molar-refractivity contribution in [2.45, 2.75) is 26.5 Å². The lowest BCUT2D eigenvalue weighted by molar-refractivity contribution is 0.245. The van der Waals surface area contributed by atoms with Gasteiger partial charge >= 0.3 is 0 Å². The van der Waals surface area contributed by atoms with Crippen molar-refractivity contribution in [1.29, 1.82) is 0 Å². The summed E-state index contributed by atoms with van der Waals surface area (Å²) in [7, 11) is 0. The van der Waals surface area contributed by atoms with Crippen LogP contribution in [0.1, 0.15) is 24.5 Å². The molecule has 0 saturated carbocycles. The Kier molecular flexibility index (Phi) is 4.63. The molecular weight excluding hydrogens is 226 g/mol. The molecule has 1 N–H and O–H groups in total. The van der Waals surface area contributed by atoms with Crippen LogP contribution < -0.4 is 4.74 Å². The summed E-state index contributed by atoms with van der Waals surface area (Å²) in [5.41, 5.74) is 2.07. The Balaban J connectivity index is 2.11. The van der Waals surface area contributed by atoms with E-state index < -0.39 is 0 Å². The quantitative estimate of drug-likeness (QED) is 0.806. The van der Waals surface area contributed by atoms with Gasteiger partial charge in [-0.25, -0.2) is 0 Å². The maximum Gasteiger partial charge on any atom is 0.123 e. The van der Waals surface area contributed by atoms with Crippen LogP contribution >= 0.6 is 0 Å². The molecule has 0 bridgehead atoms. The first kappa shape index (κ1) is 12.9. The van der Waals surface area contributed by atoms with Gasteiger partial charge in [0.1, 0.15) is 12.4 Å². The molecule has 18 heavy (non-hydrogen) atoms. The first-order valence-corrected chi connectivity index (χ1v) is 6.37. The van der Waals surface area contributed by atoms with Gasteiger partial charge in [-0.1, -0.05) is 18.9 Å². The molecule has 1 aliphatic heterocycles. The summed E-state index contributed by atoms with van der Waals surface area (Å²) in [6, 6.07) is 5.87. The molecule has 3 heteroatoms. The average Bonchev–Trinajstić information content (AvgIpc) is 2.60. The lowest BCUT2D eigenvalue weighted by atomic mass is 10.1. The monoisotopic (exact) mass is 245 g/mol. The van der Waals surface area contributed by atoms with Crippen molar-refractivity contribution in [2.24, 2.45) is 0 Å².